The Morgan fingerprint density at radius 2 is 2.20 bits per heavy atom. The maximum absolute atomic E-state index is 11.2. The Labute approximate surface area is 124 Å². The van der Waals surface area contributed by atoms with Crippen LogP contribution >= 0.6 is 11.8 Å². The van der Waals surface area contributed by atoms with Crippen molar-refractivity contribution in [1.82, 2.24) is 4.98 Å². The number of nitrogens with zero attached hydrogens (tertiary/aromatic N) is 1. The molecule has 1 aliphatic carbocycles. The van der Waals surface area contributed by atoms with Crippen LogP contribution in [0.4, 0.5) is 5.82 Å². The molecule has 1 heterocycles. The Morgan fingerprint density at radius 3 is 2.65 bits per heavy atom. The van der Waals surface area contributed by atoms with Gasteiger partial charge in [0.15, 0.2) is 0 Å². The molecule has 0 radical (unpaired) electrons. The zero-order valence-corrected chi connectivity index (χ0v) is 13.1. The minimum Gasteiger partial charge on any atom is -0.478 e. The molecule has 1 aliphatic rings. The number of thioether (sulfide) groups is 1. The van der Waals surface area contributed by atoms with Crippen LogP contribution in [0.2, 0.25) is 0 Å². The molecule has 1 aromatic rings. The average Bonchev–Trinajstić information content (AvgIpc) is 2.37. The summed E-state index contributed by atoms with van der Waals surface area (Å²) in [6.45, 7) is 4.89. The summed E-state index contributed by atoms with van der Waals surface area (Å²) in [6, 6.07) is 3.28. The zero-order valence-electron chi connectivity index (χ0n) is 12.3. The molecule has 0 bridgehead atoms. The topological polar surface area (TPSA) is 62.2 Å². The second kappa shape index (κ2) is 6.04. The first-order valence-corrected chi connectivity index (χ1v) is 8.22. The van der Waals surface area contributed by atoms with Crippen molar-refractivity contribution < 1.29 is 9.90 Å². The summed E-state index contributed by atoms with van der Waals surface area (Å²) in [4.78, 5) is 15.7. The van der Waals surface area contributed by atoms with Crippen molar-refractivity contribution in [3.63, 3.8) is 0 Å². The molecule has 0 spiro atoms. The summed E-state index contributed by atoms with van der Waals surface area (Å²) in [7, 11) is 0. The summed E-state index contributed by atoms with van der Waals surface area (Å²) in [5, 5.41) is 12.5. The van der Waals surface area contributed by atoms with Gasteiger partial charge in [-0.3, -0.25) is 0 Å². The van der Waals surface area contributed by atoms with Gasteiger partial charge in [-0.25, -0.2) is 9.78 Å². The van der Waals surface area contributed by atoms with Gasteiger partial charge in [-0.2, -0.15) is 11.8 Å². The lowest BCUT2D eigenvalue weighted by molar-refractivity contribution is 0.0696. The van der Waals surface area contributed by atoms with Crippen LogP contribution < -0.4 is 5.32 Å². The third-order valence-electron chi connectivity index (χ3n) is 3.97. The van der Waals surface area contributed by atoms with Gasteiger partial charge in [-0.1, -0.05) is 20.3 Å². The SMILES string of the molecule is CSC1(CNc2cc(C(=O)O)cc(C(C)C)n2)CCC1. The standard InChI is InChI=1S/C15H22N2O2S/c1-10(2)12-7-11(14(18)19)8-13(17-12)16-9-15(20-3)5-4-6-15/h7-8,10H,4-6,9H2,1-3H3,(H,16,17)(H,18,19). The van der Waals surface area contributed by atoms with Gasteiger partial charge in [-0.05, 0) is 37.1 Å². The number of anilines is 1. The molecule has 20 heavy (non-hydrogen) atoms. The Hall–Kier alpha value is -1.23. The van der Waals surface area contributed by atoms with E-state index in [2.05, 4.69) is 16.6 Å². The Morgan fingerprint density at radius 1 is 1.50 bits per heavy atom. The van der Waals surface area contributed by atoms with Gasteiger partial charge in [0.05, 0.1) is 5.56 Å². The average molecular weight is 294 g/mol. The van der Waals surface area contributed by atoms with Gasteiger partial charge in [-0.15, -0.1) is 0 Å². The van der Waals surface area contributed by atoms with Crippen molar-refractivity contribution >= 4 is 23.5 Å². The number of pyridine rings is 1. The van der Waals surface area contributed by atoms with E-state index in [1.165, 1.54) is 19.3 Å². The number of carboxylic acid groups (broad SMARTS) is 1. The van der Waals surface area contributed by atoms with Crippen LogP contribution in [0, 0.1) is 0 Å². The monoisotopic (exact) mass is 294 g/mol. The molecular formula is C15H22N2O2S. The Kier molecular flexibility index (Phi) is 4.58. The molecular weight excluding hydrogens is 272 g/mol. The Bertz CT molecular complexity index is 493. The maximum Gasteiger partial charge on any atom is 0.335 e. The lowest BCUT2D eigenvalue weighted by Crippen LogP contribution is -2.40. The highest BCUT2D eigenvalue weighted by Crippen LogP contribution is 2.42. The molecule has 0 unspecified atom stereocenters. The molecule has 1 saturated carbocycles. The van der Waals surface area contributed by atoms with Crippen LogP contribution in [0.25, 0.3) is 0 Å². The predicted octanol–water partition coefficient (Wildman–Crippen LogP) is 3.60. The lowest BCUT2D eigenvalue weighted by atomic mass is 9.84. The highest BCUT2D eigenvalue weighted by Gasteiger charge is 2.35. The summed E-state index contributed by atoms with van der Waals surface area (Å²) in [5.41, 5.74) is 1.12. The third kappa shape index (κ3) is 3.26. The molecule has 2 rings (SSSR count). The summed E-state index contributed by atoms with van der Waals surface area (Å²) in [5.74, 6) is -0.0115. The zero-order chi connectivity index (χ0) is 14.8. The van der Waals surface area contributed by atoms with E-state index < -0.39 is 5.97 Å². The molecule has 4 nitrogen and oxygen atoms in total. The smallest absolute Gasteiger partial charge is 0.335 e. The largest absolute Gasteiger partial charge is 0.478 e. The summed E-state index contributed by atoms with van der Waals surface area (Å²) >= 11 is 1.89. The fraction of sp³-hybridized carbons (Fsp3) is 0.600. The maximum atomic E-state index is 11.2. The molecule has 0 amide bonds. The van der Waals surface area contributed by atoms with Crippen LogP contribution in [0.5, 0.6) is 0 Å². The van der Waals surface area contributed by atoms with Crippen LogP contribution in [0.1, 0.15) is 55.1 Å². The van der Waals surface area contributed by atoms with Gasteiger partial charge in [0.2, 0.25) is 0 Å². The molecule has 110 valence electrons. The molecule has 1 aromatic heterocycles. The van der Waals surface area contributed by atoms with E-state index in [4.69, 9.17) is 0 Å². The van der Waals surface area contributed by atoms with E-state index >= 15 is 0 Å². The van der Waals surface area contributed by atoms with Crippen molar-refractivity contribution in [3.05, 3.63) is 23.4 Å². The number of aromatic carboxylic acids is 1. The van der Waals surface area contributed by atoms with Gasteiger partial charge < -0.3 is 10.4 Å². The predicted molar refractivity (Wildman–Crippen MR) is 83.9 cm³/mol. The van der Waals surface area contributed by atoms with Crippen molar-refractivity contribution in [2.75, 3.05) is 18.1 Å². The number of hydrogen-bond acceptors (Lipinski definition) is 4. The molecule has 2 N–H and O–H groups in total. The van der Waals surface area contributed by atoms with E-state index in [9.17, 15) is 9.90 Å². The number of hydrogen-bond donors (Lipinski definition) is 2. The van der Waals surface area contributed by atoms with E-state index in [0.717, 1.165) is 12.2 Å². The van der Waals surface area contributed by atoms with Crippen molar-refractivity contribution in [2.45, 2.75) is 43.8 Å². The van der Waals surface area contributed by atoms with Gasteiger partial charge in [0.1, 0.15) is 5.82 Å². The summed E-state index contributed by atoms with van der Waals surface area (Å²) < 4.78 is 0.304. The molecule has 0 aromatic carbocycles. The van der Waals surface area contributed by atoms with E-state index in [0.29, 0.717) is 16.1 Å². The first-order chi connectivity index (χ1) is 9.46. The number of carbonyl (C=O) groups is 1. The number of carboxylic acids is 1. The van der Waals surface area contributed by atoms with Gasteiger partial charge in [0, 0.05) is 17.0 Å². The normalized spacial score (nSPS) is 16.8. The number of rotatable bonds is 6. The molecule has 0 atom stereocenters. The molecule has 5 heteroatoms. The number of aromatic nitrogens is 1. The fourth-order valence-corrected chi connectivity index (χ4v) is 3.25. The number of nitrogens with one attached hydrogen (secondary N) is 1. The second-order valence-electron chi connectivity index (χ2n) is 5.72. The minimum atomic E-state index is -0.902. The van der Waals surface area contributed by atoms with Crippen LogP contribution in [0.3, 0.4) is 0 Å². The van der Waals surface area contributed by atoms with Crippen molar-refractivity contribution in [3.8, 4) is 0 Å². The van der Waals surface area contributed by atoms with E-state index in [1.54, 1.807) is 12.1 Å². The first kappa shape index (κ1) is 15.2. The molecule has 0 aliphatic heterocycles. The quantitative estimate of drug-likeness (QED) is 0.839. The van der Waals surface area contributed by atoms with Crippen LogP contribution in [0.15, 0.2) is 12.1 Å². The van der Waals surface area contributed by atoms with Crippen LogP contribution in [-0.4, -0.2) is 33.6 Å². The van der Waals surface area contributed by atoms with Crippen molar-refractivity contribution in [2.24, 2.45) is 0 Å². The van der Waals surface area contributed by atoms with Crippen molar-refractivity contribution in [1.29, 1.82) is 0 Å². The van der Waals surface area contributed by atoms with E-state index in [-0.39, 0.29) is 5.92 Å². The Balaban J connectivity index is 2.16. The fourth-order valence-electron chi connectivity index (χ4n) is 2.34. The lowest BCUT2D eigenvalue weighted by Gasteiger charge is -2.40. The highest BCUT2D eigenvalue weighted by atomic mass is 32.2. The second-order valence-corrected chi connectivity index (χ2v) is 6.99. The first-order valence-electron chi connectivity index (χ1n) is 7.00. The van der Waals surface area contributed by atoms with Crippen LogP contribution in [-0.2, 0) is 0 Å². The molecule has 1 fully saturated rings. The third-order valence-corrected chi connectivity index (χ3v) is 5.39. The molecule has 0 saturated heterocycles. The minimum absolute atomic E-state index is 0.216. The van der Waals surface area contributed by atoms with Gasteiger partial charge in [0.25, 0.3) is 0 Å². The highest BCUT2D eigenvalue weighted by molar-refractivity contribution is 8.00. The van der Waals surface area contributed by atoms with Gasteiger partial charge >= 0.3 is 5.97 Å². The summed E-state index contributed by atoms with van der Waals surface area (Å²) in [6.07, 6.45) is 5.86. The van der Waals surface area contributed by atoms with E-state index in [1.807, 2.05) is 25.6 Å².